The third-order valence-electron chi connectivity index (χ3n) is 3.68. The number of nitrogens with one attached hydrogen (secondary N) is 1. The summed E-state index contributed by atoms with van der Waals surface area (Å²) in [5, 5.41) is 11.6. The molecule has 24 heavy (non-hydrogen) atoms. The van der Waals surface area contributed by atoms with Crippen LogP contribution in [0.1, 0.15) is 18.3 Å². The van der Waals surface area contributed by atoms with Gasteiger partial charge in [-0.3, -0.25) is 9.20 Å². The monoisotopic (exact) mass is 344 g/mol. The van der Waals surface area contributed by atoms with Crippen LogP contribution >= 0.6 is 11.6 Å². The van der Waals surface area contributed by atoms with E-state index < -0.39 is 0 Å². The van der Waals surface area contributed by atoms with Crippen LogP contribution in [0.3, 0.4) is 0 Å². The summed E-state index contributed by atoms with van der Waals surface area (Å²) in [5.41, 5.74) is 2.07. The standard InChI is InChI=1S/C17H17ClN4O2/c1-3-15-20-21-17-13(5-4-8-22(15)17)19-16(23)10-11-6-7-14(24-2)12(18)9-11/h4-9H,3,10H2,1-2H3,(H,19,23). The molecule has 0 radical (unpaired) electrons. The lowest BCUT2D eigenvalue weighted by Crippen LogP contribution is -2.15. The number of aryl methyl sites for hydroxylation is 1. The number of hydrogen-bond donors (Lipinski definition) is 1. The molecular formula is C17H17ClN4O2. The van der Waals surface area contributed by atoms with Crippen LogP contribution in [0.15, 0.2) is 36.5 Å². The summed E-state index contributed by atoms with van der Waals surface area (Å²) in [6.07, 6.45) is 2.86. The Hall–Kier alpha value is -2.60. The van der Waals surface area contributed by atoms with Gasteiger partial charge in [-0.15, -0.1) is 10.2 Å². The highest BCUT2D eigenvalue weighted by atomic mass is 35.5. The fraction of sp³-hybridized carbons (Fsp3) is 0.235. The zero-order valence-corrected chi connectivity index (χ0v) is 14.2. The van der Waals surface area contributed by atoms with Crippen molar-refractivity contribution in [2.45, 2.75) is 19.8 Å². The minimum atomic E-state index is -0.148. The maximum absolute atomic E-state index is 12.3. The third kappa shape index (κ3) is 3.19. The van der Waals surface area contributed by atoms with E-state index in [0.717, 1.165) is 17.8 Å². The number of fused-ring (bicyclic) bond motifs is 1. The van der Waals surface area contributed by atoms with Crippen LogP contribution < -0.4 is 10.1 Å². The van der Waals surface area contributed by atoms with Gasteiger partial charge in [0, 0.05) is 12.6 Å². The lowest BCUT2D eigenvalue weighted by molar-refractivity contribution is -0.115. The molecule has 0 aliphatic heterocycles. The SMILES string of the molecule is CCc1nnc2c(NC(=O)Cc3ccc(OC)c(Cl)c3)cccn12. The Balaban J connectivity index is 1.78. The molecule has 0 aliphatic carbocycles. The molecule has 0 saturated carbocycles. The Kier molecular flexibility index (Phi) is 4.66. The molecular weight excluding hydrogens is 328 g/mol. The van der Waals surface area contributed by atoms with Crippen molar-refractivity contribution in [2.24, 2.45) is 0 Å². The average Bonchev–Trinajstić information content (AvgIpc) is 2.99. The minimum Gasteiger partial charge on any atom is -0.495 e. The Labute approximate surface area is 144 Å². The first kappa shape index (κ1) is 16.3. The molecule has 2 heterocycles. The number of anilines is 1. The molecule has 1 amide bonds. The number of hydrogen-bond acceptors (Lipinski definition) is 4. The van der Waals surface area contributed by atoms with Gasteiger partial charge in [-0.25, -0.2) is 0 Å². The van der Waals surface area contributed by atoms with Gasteiger partial charge in [-0.1, -0.05) is 24.6 Å². The maximum atomic E-state index is 12.3. The Morgan fingerprint density at radius 3 is 2.88 bits per heavy atom. The number of amides is 1. The molecule has 3 rings (SSSR count). The lowest BCUT2D eigenvalue weighted by Gasteiger charge is -2.08. The van der Waals surface area contributed by atoms with E-state index in [1.54, 1.807) is 19.2 Å². The van der Waals surface area contributed by atoms with Gasteiger partial charge in [0.05, 0.1) is 24.2 Å². The highest BCUT2D eigenvalue weighted by Gasteiger charge is 2.12. The number of methoxy groups -OCH3 is 1. The van der Waals surface area contributed by atoms with Crippen LogP contribution in [-0.2, 0) is 17.6 Å². The topological polar surface area (TPSA) is 68.5 Å². The summed E-state index contributed by atoms with van der Waals surface area (Å²) < 4.78 is 6.99. The van der Waals surface area contributed by atoms with Gasteiger partial charge in [0.2, 0.25) is 5.91 Å². The molecule has 6 nitrogen and oxygen atoms in total. The van der Waals surface area contributed by atoms with E-state index in [4.69, 9.17) is 16.3 Å². The fourth-order valence-corrected chi connectivity index (χ4v) is 2.78. The van der Waals surface area contributed by atoms with E-state index in [0.29, 0.717) is 22.1 Å². The number of nitrogens with zero attached hydrogens (tertiary/aromatic N) is 3. The number of ether oxygens (including phenoxy) is 1. The number of halogens is 1. The second kappa shape index (κ2) is 6.88. The van der Waals surface area contributed by atoms with Crippen LogP contribution in [0, 0.1) is 0 Å². The van der Waals surface area contributed by atoms with Crippen LogP contribution in [0.25, 0.3) is 5.65 Å². The van der Waals surface area contributed by atoms with Crippen molar-refractivity contribution in [1.29, 1.82) is 0 Å². The molecule has 1 aromatic carbocycles. The van der Waals surface area contributed by atoms with Gasteiger partial charge in [0.1, 0.15) is 11.6 Å². The van der Waals surface area contributed by atoms with Gasteiger partial charge < -0.3 is 10.1 Å². The van der Waals surface area contributed by atoms with Crippen molar-refractivity contribution in [3.8, 4) is 5.75 Å². The fourth-order valence-electron chi connectivity index (χ4n) is 2.50. The van der Waals surface area contributed by atoms with E-state index in [1.807, 2.05) is 35.7 Å². The first-order valence-corrected chi connectivity index (χ1v) is 7.95. The summed E-state index contributed by atoms with van der Waals surface area (Å²) in [6, 6.07) is 8.96. The van der Waals surface area contributed by atoms with E-state index in [9.17, 15) is 4.79 Å². The van der Waals surface area contributed by atoms with Crippen molar-refractivity contribution >= 4 is 28.8 Å². The lowest BCUT2D eigenvalue weighted by atomic mass is 10.1. The molecule has 0 fully saturated rings. The van der Waals surface area contributed by atoms with Gasteiger partial charge >= 0.3 is 0 Å². The van der Waals surface area contributed by atoms with Crippen LogP contribution in [-0.4, -0.2) is 27.6 Å². The zero-order valence-electron chi connectivity index (χ0n) is 13.4. The Morgan fingerprint density at radius 1 is 1.33 bits per heavy atom. The highest BCUT2D eigenvalue weighted by molar-refractivity contribution is 6.32. The summed E-state index contributed by atoms with van der Waals surface area (Å²) in [5.74, 6) is 1.29. The van der Waals surface area contributed by atoms with Crippen LogP contribution in [0.2, 0.25) is 5.02 Å². The molecule has 1 N–H and O–H groups in total. The van der Waals surface area contributed by atoms with Crippen molar-refractivity contribution in [3.63, 3.8) is 0 Å². The van der Waals surface area contributed by atoms with E-state index in [-0.39, 0.29) is 12.3 Å². The molecule has 2 aromatic heterocycles. The number of rotatable bonds is 5. The molecule has 0 unspecified atom stereocenters. The molecule has 0 atom stereocenters. The molecule has 0 bridgehead atoms. The van der Waals surface area contributed by atoms with E-state index in [1.165, 1.54) is 0 Å². The predicted octanol–water partition coefficient (Wildman–Crippen LogP) is 3.13. The first-order chi connectivity index (χ1) is 11.6. The van der Waals surface area contributed by atoms with Gasteiger partial charge in [0.15, 0.2) is 5.65 Å². The largest absolute Gasteiger partial charge is 0.495 e. The second-order valence-electron chi connectivity index (χ2n) is 5.28. The van der Waals surface area contributed by atoms with Gasteiger partial charge in [0.25, 0.3) is 0 Å². The van der Waals surface area contributed by atoms with Crippen LogP contribution in [0.4, 0.5) is 5.69 Å². The zero-order chi connectivity index (χ0) is 17.1. The molecule has 0 spiro atoms. The number of benzene rings is 1. The van der Waals surface area contributed by atoms with Crippen molar-refractivity contribution < 1.29 is 9.53 Å². The molecule has 124 valence electrons. The van der Waals surface area contributed by atoms with E-state index in [2.05, 4.69) is 15.5 Å². The first-order valence-electron chi connectivity index (χ1n) is 7.57. The number of pyridine rings is 1. The smallest absolute Gasteiger partial charge is 0.228 e. The Bertz CT molecular complexity index is 891. The number of carbonyl (C=O) groups excluding carboxylic acids is 1. The van der Waals surface area contributed by atoms with Crippen molar-refractivity contribution in [3.05, 3.63) is 52.9 Å². The summed E-state index contributed by atoms with van der Waals surface area (Å²) >= 11 is 6.09. The van der Waals surface area contributed by atoms with Gasteiger partial charge in [-0.2, -0.15) is 0 Å². The summed E-state index contributed by atoms with van der Waals surface area (Å²) in [4.78, 5) is 12.3. The summed E-state index contributed by atoms with van der Waals surface area (Å²) in [6.45, 7) is 2.01. The predicted molar refractivity (Wildman–Crippen MR) is 92.7 cm³/mol. The van der Waals surface area contributed by atoms with Crippen molar-refractivity contribution in [2.75, 3.05) is 12.4 Å². The summed E-state index contributed by atoms with van der Waals surface area (Å²) in [7, 11) is 1.55. The Morgan fingerprint density at radius 2 is 2.17 bits per heavy atom. The number of carbonyl (C=O) groups is 1. The van der Waals surface area contributed by atoms with Gasteiger partial charge in [-0.05, 0) is 29.8 Å². The molecule has 3 aromatic rings. The molecule has 0 saturated heterocycles. The number of aromatic nitrogens is 3. The molecule has 7 heteroatoms. The molecule has 0 aliphatic rings. The van der Waals surface area contributed by atoms with Crippen LogP contribution in [0.5, 0.6) is 5.75 Å². The average molecular weight is 345 g/mol. The van der Waals surface area contributed by atoms with Crippen molar-refractivity contribution in [1.82, 2.24) is 14.6 Å². The third-order valence-corrected chi connectivity index (χ3v) is 3.97. The quantitative estimate of drug-likeness (QED) is 0.772. The maximum Gasteiger partial charge on any atom is 0.228 e. The normalized spacial score (nSPS) is 10.8. The highest BCUT2D eigenvalue weighted by Crippen LogP contribution is 2.25. The second-order valence-corrected chi connectivity index (χ2v) is 5.69. The minimum absolute atomic E-state index is 0.148. The van der Waals surface area contributed by atoms with E-state index >= 15 is 0 Å².